The molecular formula is C25H21NO2. The summed E-state index contributed by atoms with van der Waals surface area (Å²) in [5.74, 6) is 0.514. The number of nitrogens with one attached hydrogen (secondary N) is 1. The summed E-state index contributed by atoms with van der Waals surface area (Å²) in [6.07, 6.45) is 0.767. The second-order valence-electron chi connectivity index (χ2n) is 6.67. The summed E-state index contributed by atoms with van der Waals surface area (Å²) in [6, 6.07) is 32.0. The molecule has 1 amide bonds. The van der Waals surface area contributed by atoms with Crippen LogP contribution in [-0.4, -0.2) is 12.5 Å². The van der Waals surface area contributed by atoms with Crippen molar-refractivity contribution in [2.75, 3.05) is 11.9 Å². The third-order valence-electron chi connectivity index (χ3n) is 4.62. The first kappa shape index (κ1) is 17.8. The first-order valence-electron chi connectivity index (χ1n) is 9.31. The van der Waals surface area contributed by atoms with E-state index in [-0.39, 0.29) is 12.5 Å². The molecule has 28 heavy (non-hydrogen) atoms. The molecule has 0 saturated carbocycles. The Balaban J connectivity index is 1.41. The molecule has 1 N–H and O–H groups in total. The third-order valence-corrected chi connectivity index (χ3v) is 4.62. The van der Waals surface area contributed by atoms with Gasteiger partial charge in [-0.2, -0.15) is 0 Å². The van der Waals surface area contributed by atoms with E-state index in [9.17, 15) is 4.79 Å². The molecule has 4 rings (SSSR count). The van der Waals surface area contributed by atoms with E-state index >= 15 is 0 Å². The Kier molecular flexibility index (Phi) is 5.34. The molecule has 0 radical (unpaired) electrons. The van der Waals surface area contributed by atoms with Crippen molar-refractivity contribution >= 4 is 22.4 Å². The number of rotatable bonds is 6. The summed E-state index contributed by atoms with van der Waals surface area (Å²) in [6.45, 7) is -0.0298. The lowest BCUT2D eigenvalue weighted by molar-refractivity contribution is -0.118. The molecule has 0 atom stereocenters. The summed E-state index contributed by atoms with van der Waals surface area (Å²) >= 11 is 0. The van der Waals surface area contributed by atoms with Crippen LogP contribution >= 0.6 is 0 Å². The number of fused-ring (bicyclic) bond motifs is 1. The zero-order chi connectivity index (χ0) is 19.2. The number of benzene rings is 4. The van der Waals surface area contributed by atoms with E-state index in [2.05, 4.69) is 23.5 Å². The number of carbonyl (C=O) groups is 1. The van der Waals surface area contributed by atoms with Crippen molar-refractivity contribution in [3.63, 3.8) is 0 Å². The van der Waals surface area contributed by atoms with Gasteiger partial charge in [0.2, 0.25) is 0 Å². The molecular weight excluding hydrogens is 346 g/mol. The monoisotopic (exact) mass is 367 g/mol. The molecule has 0 spiro atoms. The number of carbonyl (C=O) groups excluding carboxylic acids is 1. The molecule has 0 aliphatic rings. The Labute approximate surface area is 164 Å². The van der Waals surface area contributed by atoms with Crippen LogP contribution in [0, 0.1) is 0 Å². The molecule has 0 unspecified atom stereocenters. The largest absolute Gasteiger partial charge is 0.484 e. The van der Waals surface area contributed by atoms with Gasteiger partial charge in [-0.15, -0.1) is 0 Å². The maximum absolute atomic E-state index is 12.4. The van der Waals surface area contributed by atoms with E-state index in [4.69, 9.17) is 4.74 Å². The van der Waals surface area contributed by atoms with Gasteiger partial charge in [-0.05, 0) is 46.5 Å². The maximum atomic E-state index is 12.4. The van der Waals surface area contributed by atoms with Crippen molar-refractivity contribution in [1.29, 1.82) is 0 Å². The molecule has 0 aliphatic carbocycles. The highest BCUT2D eigenvalue weighted by molar-refractivity contribution is 5.92. The Morgan fingerprint density at radius 2 is 1.46 bits per heavy atom. The number of hydrogen-bond acceptors (Lipinski definition) is 2. The Hall–Kier alpha value is -3.59. The molecule has 0 heterocycles. The van der Waals surface area contributed by atoms with Gasteiger partial charge >= 0.3 is 0 Å². The second kappa shape index (κ2) is 8.40. The SMILES string of the molecule is O=C(COc1ccc2ccccc2c1)Nc1ccccc1Cc1ccccc1. The standard InChI is InChI=1S/C25H21NO2/c27-25(18-28-23-15-14-20-10-4-5-11-21(20)17-23)26-24-13-7-6-12-22(24)16-19-8-2-1-3-9-19/h1-15,17H,16,18H2,(H,26,27). The van der Waals surface area contributed by atoms with Crippen molar-refractivity contribution in [2.45, 2.75) is 6.42 Å². The lowest BCUT2D eigenvalue weighted by Gasteiger charge is -2.12. The minimum Gasteiger partial charge on any atom is -0.484 e. The van der Waals surface area contributed by atoms with Crippen LogP contribution < -0.4 is 10.1 Å². The molecule has 4 aromatic rings. The van der Waals surface area contributed by atoms with Crippen LogP contribution in [0.15, 0.2) is 97.1 Å². The average molecular weight is 367 g/mol. The predicted molar refractivity (Wildman–Crippen MR) is 114 cm³/mol. The van der Waals surface area contributed by atoms with Crippen molar-refractivity contribution in [2.24, 2.45) is 0 Å². The highest BCUT2D eigenvalue weighted by Crippen LogP contribution is 2.21. The molecule has 0 fully saturated rings. The molecule has 0 bridgehead atoms. The van der Waals surface area contributed by atoms with Crippen LogP contribution in [0.3, 0.4) is 0 Å². The summed E-state index contributed by atoms with van der Waals surface area (Å²) in [4.78, 5) is 12.4. The Morgan fingerprint density at radius 1 is 0.750 bits per heavy atom. The van der Waals surface area contributed by atoms with Crippen LogP contribution in [0.1, 0.15) is 11.1 Å². The second-order valence-corrected chi connectivity index (χ2v) is 6.67. The average Bonchev–Trinajstić information content (AvgIpc) is 2.74. The minimum absolute atomic E-state index is 0.0298. The van der Waals surface area contributed by atoms with Gasteiger partial charge in [0.15, 0.2) is 6.61 Å². The smallest absolute Gasteiger partial charge is 0.262 e. The van der Waals surface area contributed by atoms with Crippen molar-refractivity contribution in [3.05, 3.63) is 108 Å². The molecule has 0 aromatic heterocycles. The lowest BCUT2D eigenvalue weighted by Crippen LogP contribution is -2.21. The normalized spacial score (nSPS) is 10.6. The fraction of sp³-hybridized carbons (Fsp3) is 0.0800. The fourth-order valence-corrected chi connectivity index (χ4v) is 3.20. The van der Waals surface area contributed by atoms with Crippen LogP contribution in [0.5, 0.6) is 5.75 Å². The van der Waals surface area contributed by atoms with Gasteiger partial charge in [-0.3, -0.25) is 4.79 Å². The maximum Gasteiger partial charge on any atom is 0.262 e. The van der Waals surface area contributed by atoms with Gasteiger partial charge in [-0.1, -0.05) is 78.9 Å². The number of para-hydroxylation sites is 1. The Morgan fingerprint density at radius 3 is 2.32 bits per heavy atom. The molecule has 3 heteroatoms. The highest BCUT2D eigenvalue weighted by atomic mass is 16.5. The Bertz CT molecular complexity index is 1090. The molecule has 0 aliphatic heterocycles. The van der Waals surface area contributed by atoms with E-state index < -0.39 is 0 Å². The van der Waals surface area contributed by atoms with E-state index in [0.717, 1.165) is 28.4 Å². The van der Waals surface area contributed by atoms with Gasteiger partial charge in [0.25, 0.3) is 5.91 Å². The van der Waals surface area contributed by atoms with Crippen LogP contribution in [0.25, 0.3) is 10.8 Å². The van der Waals surface area contributed by atoms with Crippen LogP contribution in [0.2, 0.25) is 0 Å². The summed E-state index contributed by atoms with van der Waals surface area (Å²) in [7, 11) is 0. The number of anilines is 1. The van der Waals surface area contributed by atoms with Crippen molar-refractivity contribution in [3.8, 4) is 5.75 Å². The summed E-state index contributed by atoms with van der Waals surface area (Å²) in [5.41, 5.74) is 3.10. The lowest BCUT2D eigenvalue weighted by atomic mass is 10.0. The number of ether oxygens (including phenoxy) is 1. The topological polar surface area (TPSA) is 38.3 Å². The summed E-state index contributed by atoms with van der Waals surface area (Å²) < 4.78 is 5.69. The third kappa shape index (κ3) is 4.38. The zero-order valence-corrected chi connectivity index (χ0v) is 15.5. The van der Waals surface area contributed by atoms with Crippen LogP contribution in [-0.2, 0) is 11.2 Å². The molecule has 3 nitrogen and oxygen atoms in total. The quantitative estimate of drug-likeness (QED) is 0.492. The molecule has 0 saturated heterocycles. The van der Waals surface area contributed by atoms with Crippen molar-refractivity contribution in [1.82, 2.24) is 0 Å². The van der Waals surface area contributed by atoms with E-state index in [1.54, 1.807) is 0 Å². The van der Waals surface area contributed by atoms with E-state index in [0.29, 0.717) is 5.75 Å². The van der Waals surface area contributed by atoms with E-state index in [1.165, 1.54) is 5.56 Å². The first-order valence-corrected chi connectivity index (χ1v) is 9.31. The molecule has 138 valence electrons. The number of hydrogen-bond donors (Lipinski definition) is 1. The first-order chi connectivity index (χ1) is 13.8. The van der Waals surface area contributed by atoms with Gasteiger partial charge in [0.05, 0.1) is 0 Å². The van der Waals surface area contributed by atoms with Gasteiger partial charge < -0.3 is 10.1 Å². The van der Waals surface area contributed by atoms with Gasteiger partial charge in [-0.25, -0.2) is 0 Å². The predicted octanol–water partition coefficient (Wildman–Crippen LogP) is 5.45. The molecule has 4 aromatic carbocycles. The fourth-order valence-electron chi connectivity index (χ4n) is 3.20. The van der Waals surface area contributed by atoms with Crippen LogP contribution in [0.4, 0.5) is 5.69 Å². The van der Waals surface area contributed by atoms with Crippen molar-refractivity contribution < 1.29 is 9.53 Å². The van der Waals surface area contributed by atoms with Gasteiger partial charge in [0.1, 0.15) is 5.75 Å². The summed E-state index contributed by atoms with van der Waals surface area (Å²) in [5, 5.41) is 5.21. The van der Waals surface area contributed by atoms with E-state index in [1.807, 2.05) is 78.9 Å². The van der Waals surface area contributed by atoms with Gasteiger partial charge in [0, 0.05) is 5.69 Å². The minimum atomic E-state index is -0.173. The highest BCUT2D eigenvalue weighted by Gasteiger charge is 2.08. The number of amides is 1. The zero-order valence-electron chi connectivity index (χ0n) is 15.5.